The number of alkyl halides is 1. The molecule has 0 aromatic rings. The summed E-state index contributed by atoms with van der Waals surface area (Å²) in [6.45, 7) is 0. The average Bonchev–Trinajstić information content (AvgIpc) is 1.85. The Morgan fingerprint density at radius 2 is 2.25 bits per heavy atom. The number of carbonyl (C=O) groups is 2. The van der Waals surface area contributed by atoms with Crippen molar-refractivity contribution in [2.45, 2.75) is 9.68 Å². The second-order valence-electron chi connectivity index (χ2n) is 1.45. The van der Waals surface area contributed by atoms with E-state index in [0.29, 0.717) is 0 Å². The Morgan fingerprint density at radius 3 is 2.38 bits per heavy atom. The summed E-state index contributed by atoms with van der Waals surface area (Å²) in [5.41, 5.74) is 0. The lowest BCUT2D eigenvalue weighted by Crippen LogP contribution is -1.99. The van der Waals surface area contributed by atoms with Gasteiger partial charge in [-0.3, -0.25) is 9.59 Å². The molecule has 44 valence electrons. The standard InChI is InChI=1S/C4H3IO2S/c5-4-2(6)1-3(7)8-4/h4H,1H2. The fraction of sp³-hybridized carbons (Fsp3) is 0.500. The molecular weight excluding hydrogens is 239 g/mol. The number of Topliss-reactive ketones (excluding diaryl/α,β-unsaturated/α-hetero) is 1. The van der Waals surface area contributed by atoms with Gasteiger partial charge in [-0.15, -0.1) is 0 Å². The molecule has 1 saturated heterocycles. The van der Waals surface area contributed by atoms with Crippen LogP contribution in [0.1, 0.15) is 6.42 Å². The van der Waals surface area contributed by atoms with Gasteiger partial charge in [0.1, 0.15) is 3.26 Å². The Labute approximate surface area is 64.5 Å². The van der Waals surface area contributed by atoms with Gasteiger partial charge in [0.2, 0.25) is 0 Å². The molecule has 1 rings (SSSR count). The molecule has 1 unspecified atom stereocenters. The quantitative estimate of drug-likeness (QED) is 0.360. The van der Waals surface area contributed by atoms with Gasteiger partial charge < -0.3 is 0 Å². The van der Waals surface area contributed by atoms with E-state index >= 15 is 0 Å². The third-order valence-corrected chi connectivity index (χ3v) is 3.14. The molecule has 4 heteroatoms. The molecular formula is C4H3IO2S. The van der Waals surface area contributed by atoms with E-state index in [9.17, 15) is 9.59 Å². The molecule has 0 aromatic carbocycles. The van der Waals surface area contributed by atoms with E-state index in [2.05, 4.69) is 0 Å². The number of ketones is 1. The van der Waals surface area contributed by atoms with Crippen LogP contribution in [-0.4, -0.2) is 14.2 Å². The van der Waals surface area contributed by atoms with Crippen molar-refractivity contribution in [2.24, 2.45) is 0 Å². The normalized spacial score (nSPS) is 29.4. The highest BCUT2D eigenvalue weighted by atomic mass is 127. The molecule has 0 amide bonds. The smallest absolute Gasteiger partial charge is 0.197 e. The highest BCUT2D eigenvalue weighted by molar-refractivity contribution is 14.1. The van der Waals surface area contributed by atoms with Crippen molar-refractivity contribution in [3.05, 3.63) is 0 Å². The van der Waals surface area contributed by atoms with Gasteiger partial charge in [-0.25, -0.2) is 0 Å². The van der Waals surface area contributed by atoms with Gasteiger partial charge in [-0.1, -0.05) is 34.4 Å². The Hall–Kier alpha value is 0.420. The van der Waals surface area contributed by atoms with Crippen LogP contribution >= 0.6 is 34.4 Å². The number of hydrogen-bond donors (Lipinski definition) is 0. The average molecular weight is 242 g/mol. The second kappa shape index (κ2) is 2.34. The van der Waals surface area contributed by atoms with E-state index in [1.807, 2.05) is 22.6 Å². The van der Waals surface area contributed by atoms with Crippen LogP contribution in [0.25, 0.3) is 0 Å². The SMILES string of the molecule is O=C1CC(=O)C(I)S1. The van der Waals surface area contributed by atoms with Gasteiger partial charge in [0.05, 0.1) is 6.42 Å². The highest BCUT2D eigenvalue weighted by Gasteiger charge is 2.28. The number of hydrogen-bond acceptors (Lipinski definition) is 3. The van der Waals surface area contributed by atoms with E-state index in [0.717, 1.165) is 11.8 Å². The molecule has 1 aliphatic heterocycles. The first-order chi connectivity index (χ1) is 3.70. The summed E-state index contributed by atoms with van der Waals surface area (Å²) in [6, 6.07) is 0. The summed E-state index contributed by atoms with van der Waals surface area (Å²) >= 11 is 3.09. The van der Waals surface area contributed by atoms with Gasteiger partial charge >= 0.3 is 0 Å². The summed E-state index contributed by atoms with van der Waals surface area (Å²) in [6.07, 6.45) is 0.137. The number of rotatable bonds is 0. The predicted octanol–water partition coefficient (Wildman–Crippen LogP) is 0.980. The van der Waals surface area contributed by atoms with Crippen molar-refractivity contribution < 1.29 is 9.59 Å². The molecule has 0 spiro atoms. The van der Waals surface area contributed by atoms with Gasteiger partial charge in [-0.05, 0) is 0 Å². The Bertz CT molecular complexity index is 145. The zero-order chi connectivity index (χ0) is 6.15. The number of thioether (sulfide) groups is 1. The van der Waals surface area contributed by atoms with Gasteiger partial charge in [-0.2, -0.15) is 0 Å². The molecule has 1 atom stereocenters. The van der Waals surface area contributed by atoms with Crippen molar-refractivity contribution >= 4 is 45.3 Å². The van der Waals surface area contributed by atoms with Gasteiger partial charge in [0.25, 0.3) is 0 Å². The van der Waals surface area contributed by atoms with Crippen LogP contribution in [0.3, 0.4) is 0 Å². The van der Waals surface area contributed by atoms with Crippen LogP contribution in [0, 0.1) is 0 Å². The van der Waals surface area contributed by atoms with Crippen LogP contribution in [0.2, 0.25) is 0 Å². The Balaban J connectivity index is 2.64. The fourth-order valence-corrected chi connectivity index (χ4v) is 2.19. The molecule has 2 nitrogen and oxygen atoms in total. The van der Waals surface area contributed by atoms with E-state index < -0.39 is 0 Å². The van der Waals surface area contributed by atoms with Crippen LogP contribution in [0.4, 0.5) is 0 Å². The maximum absolute atomic E-state index is 10.5. The Morgan fingerprint density at radius 1 is 1.62 bits per heavy atom. The summed E-state index contributed by atoms with van der Waals surface area (Å²) in [7, 11) is 0. The molecule has 0 bridgehead atoms. The second-order valence-corrected chi connectivity index (χ2v) is 4.70. The van der Waals surface area contributed by atoms with Crippen LogP contribution < -0.4 is 0 Å². The summed E-state index contributed by atoms with van der Waals surface area (Å²) in [5, 5.41) is 0.00870. The van der Waals surface area contributed by atoms with Crippen LogP contribution in [-0.2, 0) is 9.59 Å². The van der Waals surface area contributed by atoms with E-state index in [1.54, 1.807) is 0 Å². The highest BCUT2D eigenvalue weighted by Crippen LogP contribution is 2.29. The molecule has 8 heavy (non-hydrogen) atoms. The summed E-state index contributed by atoms with van der Waals surface area (Å²) < 4.78 is -0.111. The first kappa shape index (κ1) is 6.54. The molecule has 0 aliphatic carbocycles. The van der Waals surface area contributed by atoms with E-state index in [4.69, 9.17) is 0 Å². The number of halogens is 1. The molecule has 1 heterocycles. The topological polar surface area (TPSA) is 34.1 Å². The lowest BCUT2D eigenvalue weighted by molar-refractivity contribution is -0.120. The zero-order valence-electron chi connectivity index (χ0n) is 3.89. The van der Waals surface area contributed by atoms with Crippen molar-refractivity contribution in [2.75, 3.05) is 0 Å². The minimum absolute atomic E-state index is 0.00870. The minimum atomic E-state index is -0.111. The fourth-order valence-electron chi connectivity index (χ4n) is 0.445. The van der Waals surface area contributed by atoms with Crippen molar-refractivity contribution in [3.8, 4) is 0 Å². The van der Waals surface area contributed by atoms with Crippen LogP contribution in [0.5, 0.6) is 0 Å². The molecule has 0 radical (unpaired) electrons. The summed E-state index contributed by atoms with van der Waals surface area (Å²) in [5.74, 6) is 0.0561. The van der Waals surface area contributed by atoms with Crippen LogP contribution in [0.15, 0.2) is 0 Å². The lowest BCUT2D eigenvalue weighted by Gasteiger charge is -1.86. The van der Waals surface area contributed by atoms with E-state index in [-0.39, 0.29) is 20.6 Å². The Kier molecular flexibility index (Phi) is 1.92. The summed E-state index contributed by atoms with van der Waals surface area (Å²) in [4.78, 5) is 20.9. The maximum atomic E-state index is 10.5. The molecule has 1 aliphatic rings. The first-order valence-electron chi connectivity index (χ1n) is 2.06. The minimum Gasteiger partial charge on any atom is -0.297 e. The molecule has 0 saturated carbocycles. The van der Waals surface area contributed by atoms with Gasteiger partial charge in [0.15, 0.2) is 10.9 Å². The van der Waals surface area contributed by atoms with Crippen molar-refractivity contribution in [1.29, 1.82) is 0 Å². The maximum Gasteiger partial charge on any atom is 0.197 e. The lowest BCUT2D eigenvalue weighted by atomic mass is 10.3. The number of carbonyl (C=O) groups excluding carboxylic acids is 2. The first-order valence-corrected chi connectivity index (χ1v) is 4.19. The van der Waals surface area contributed by atoms with Crippen molar-refractivity contribution in [3.63, 3.8) is 0 Å². The zero-order valence-corrected chi connectivity index (χ0v) is 6.86. The molecule has 1 fully saturated rings. The predicted molar refractivity (Wildman–Crippen MR) is 40.0 cm³/mol. The molecule has 0 N–H and O–H groups in total. The monoisotopic (exact) mass is 242 g/mol. The molecule has 0 aromatic heterocycles. The van der Waals surface area contributed by atoms with Crippen molar-refractivity contribution in [1.82, 2.24) is 0 Å². The van der Waals surface area contributed by atoms with E-state index in [1.165, 1.54) is 0 Å². The third-order valence-electron chi connectivity index (χ3n) is 0.807. The van der Waals surface area contributed by atoms with Gasteiger partial charge in [0, 0.05) is 0 Å². The largest absolute Gasteiger partial charge is 0.297 e. The third kappa shape index (κ3) is 1.22.